The van der Waals surface area contributed by atoms with E-state index in [-0.39, 0.29) is 5.91 Å². The van der Waals surface area contributed by atoms with Crippen molar-refractivity contribution < 1.29 is 4.79 Å². The average molecular weight is 218 g/mol. The first-order valence-corrected chi connectivity index (χ1v) is 5.06. The fourth-order valence-electron chi connectivity index (χ4n) is 1.28. The van der Waals surface area contributed by atoms with Crippen LogP contribution < -0.4 is 5.73 Å². The summed E-state index contributed by atoms with van der Waals surface area (Å²) in [6.45, 7) is 2.86. The van der Waals surface area contributed by atoms with Crippen molar-refractivity contribution in [3.8, 4) is 6.07 Å². The first kappa shape index (κ1) is 12.0. The van der Waals surface area contributed by atoms with E-state index in [4.69, 9.17) is 11.0 Å². The van der Waals surface area contributed by atoms with E-state index in [1.807, 2.05) is 13.0 Å². The second-order valence-corrected chi connectivity index (χ2v) is 3.27. The van der Waals surface area contributed by atoms with Gasteiger partial charge in [0.05, 0.1) is 24.4 Å². The number of nitrogens with two attached hydrogens (primary N) is 1. The Morgan fingerprint density at radius 1 is 1.62 bits per heavy atom. The van der Waals surface area contributed by atoms with Crippen LogP contribution in [0.25, 0.3) is 0 Å². The minimum absolute atomic E-state index is 0.169. The lowest BCUT2D eigenvalue weighted by molar-refractivity contribution is 0.0762. The summed E-state index contributed by atoms with van der Waals surface area (Å²) < 4.78 is 0. The van der Waals surface area contributed by atoms with Crippen molar-refractivity contribution in [3.63, 3.8) is 0 Å². The number of nitrogens with zero attached hydrogens (tertiary/aromatic N) is 3. The van der Waals surface area contributed by atoms with Crippen molar-refractivity contribution in [1.29, 1.82) is 5.26 Å². The fourth-order valence-corrected chi connectivity index (χ4v) is 1.28. The molecule has 1 aromatic rings. The van der Waals surface area contributed by atoms with Crippen molar-refractivity contribution in [3.05, 3.63) is 24.0 Å². The molecule has 1 rings (SSSR count). The summed E-state index contributed by atoms with van der Waals surface area (Å²) in [4.78, 5) is 17.4. The maximum atomic E-state index is 11.9. The number of aromatic nitrogens is 1. The molecule has 1 aromatic heterocycles. The zero-order valence-corrected chi connectivity index (χ0v) is 9.18. The second-order valence-electron chi connectivity index (χ2n) is 3.27. The summed E-state index contributed by atoms with van der Waals surface area (Å²) >= 11 is 0. The SMILES string of the molecule is CCN(CCC#N)C(=O)c1ccc(N)cn1. The van der Waals surface area contributed by atoms with Gasteiger partial charge in [0.1, 0.15) is 5.69 Å². The molecule has 0 spiro atoms. The van der Waals surface area contributed by atoms with Gasteiger partial charge in [-0.1, -0.05) is 0 Å². The Kier molecular flexibility index (Phi) is 4.28. The van der Waals surface area contributed by atoms with Crippen LogP contribution >= 0.6 is 0 Å². The summed E-state index contributed by atoms with van der Waals surface area (Å²) in [7, 11) is 0. The Bertz CT molecular complexity index is 393. The van der Waals surface area contributed by atoms with Crippen LogP contribution in [0.15, 0.2) is 18.3 Å². The lowest BCUT2D eigenvalue weighted by Gasteiger charge is -2.18. The van der Waals surface area contributed by atoms with Crippen LogP contribution in [0.4, 0.5) is 5.69 Å². The number of nitriles is 1. The van der Waals surface area contributed by atoms with Crippen LogP contribution in [0.5, 0.6) is 0 Å². The van der Waals surface area contributed by atoms with Crippen molar-refractivity contribution in [1.82, 2.24) is 9.88 Å². The number of rotatable bonds is 4. The van der Waals surface area contributed by atoms with Crippen molar-refractivity contribution in [2.24, 2.45) is 0 Å². The van der Waals surface area contributed by atoms with Crippen molar-refractivity contribution >= 4 is 11.6 Å². The van der Waals surface area contributed by atoms with E-state index in [9.17, 15) is 4.79 Å². The number of carbonyl (C=O) groups excluding carboxylic acids is 1. The van der Waals surface area contributed by atoms with Crippen molar-refractivity contribution in [2.75, 3.05) is 18.8 Å². The molecule has 0 saturated carbocycles. The van der Waals surface area contributed by atoms with E-state index < -0.39 is 0 Å². The van der Waals surface area contributed by atoms with Crippen molar-refractivity contribution in [2.45, 2.75) is 13.3 Å². The zero-order chi connectivity index (χ0) is 12.0. The minimum atomic E-state index is -0.169. The van der Waals surface area contributed by atoms with Gasteiger partial charge in [-0.2, -0.15) is 5.26 Å². The zero-order valence-electron chi connectivity index (χ0n) is 9.18. The number of nitrogen functional groups attached to an aromatic ring is 1. The molecule has 2 N–H and O–H groups in total. The smallest absolute Gasteiger partial charge is 0.272 e. The quantitative estimate of drug-likeness (QED) is 0.818. The summed E-state index contributed by atoms with van der Waals surface area (Å²) in [5.74, 6) is -0.169. The minimum Gasteiger partial charge on any atom is -0.397 e. The maximum absolute atomic E-state index is 11.9. The van der Waals surface area contributed by atoms with E-state index in [2.05, 4.69) is 4.98 Å². The van der Waals surface area contributed by atoms with Crippen LogP contribution in [0.3, 0.4) is 0 Å². The Labute approximate surface area is 94.5 Å². The highest BCUT2D eigenvalue weighted by Gasteiger charge is 2.14. The molecule has 0 unspecified atom stereocenters. The number of carbonyl (C=O) groups is 1. The molecule has 0 aromatic carbocycles. The number of pyridine rings is 1. The lowest BCUT2D eigenvalue weighted by Crippen LogP contribution is -2.32. The van der Waals surface area contributed by atoms with Crippen LogP contribution in [0, 0.1) is 11.3 Å². The molecule has 0 saturated heterocycles. The highest BCUT2D eigenvalue weighted by atomic mass is 16.2. The molecule has 5 nitrogen and oxygen atoms in total. The normalized spacial score (nSPS) is 9.50. The van der Waals surface area contributed by atoms with Gasteiger partial charge >= 0.3 is 0 Å². The van der Waals surface area contributed by atoms with E-state index in [1.165, 1.54) is 6.20 Å². The maximum Gasteiger partial charge on any atom is 0.272 e. The predicted octanol–water partition coefficient (Wildman–Crippen LogP) is 1.04. The number of hydrogen-bond acceptors (Lipinski definition) is 4. The lowest BCUT2D eigenvalue weighted by atomic mass is 10.3. The van der Waals surface area contributed by atoms with Gasteiger partial charge in [-0.3, -0.25) is 4.79 Å². The van der Waals surface area contributed by atoms with E-state index in [1.54, 1.807) is 17.0 Å². The van der Waals surface area contributed by atoms with E-state index in [0.29, 0.717) is 30.9 Å². The number of anilines is 1. The third-order valence-corrected chi connectivity index (χ3v) is 2.17. The monoisotopic (exact) mass is 218 g/mol. The highest BCUT2D eigenvalue weighted by molar-refractivity contribution is 5.92. The molecule has 0 atom stereocenters. The highest BCUT2D eigenvalue weighted by Crippen LogP contribution is 2.05. The molecule has 0 aliphatic carbocycles. The fraction of sp³-hybridized carbons (Fsp3) is 0.364. The Morgan fingerprint density at radius 2 is 2.38 bits per heavy atom. The topological polar surface area (TPSA) is 83.0 Å². The summed E-state index contributed by atoms with van der Waals surface area (Å²) in [5, 5.41) is 8.48. The predicted molar refractivity (Wildman–Crippen MR) is 60.5 cm³/mol. The average Bonchev–Trinajstić information content (AvgIpc) is 2.30. The largest absolute Gasteiger partial charge is 0.397 e. The third kappa shape index (κ3) is 2.95. The molecule has 5 heteroatoms. The molecule has 1 amide bonds. The summed E-state index contributed by atoms with van der Waals surface area (Å²) in [6.07, 6.45) is 1.78. The first-order chi connectivity index (χ1) is 7.69. The van der Waals surface area contributed by atoms with Gasteiger partial charge in [-0.25, -0.2) is 4.98 Å². The van der Waals surface area contributed by atoms with Crippen LogP contribution in [-0.2, 0) is 0 Å². The van der Waals surface area contributed by atoms with Gasteiger partial charge in [0.15, 0.2) is 0 Å². The Balaban J connectivity index is 2.75. The molecule has 16 heavy (non-hydrogen) atoms. The van der Waals surface area contributed by atoms with Gasteiger partial charge in [-0.05, 0) is 19.1 Å². The molecular weight excluding hydrogens is 204 g/mol. The van der Waals surface area contributed by atoms with E-state index >= 15 is 0 Å². The molecule has 0 aliphatic heterocycles. The van der Waals surface area contributed by atoms with Gasteiger partial charge in [0.2, 0.25) is 0 Å². The standard InChI is InChI=1S/C11H14N4O/c1-2-15(7-3-6-12)11(16)10-5-4-9(13)8-14-10/h4-5,8H,2-3,7,13H2,1H3. The van der Waals surface area contributed by atoms with Gasteiger partial charge in [0, 0.05) is 13.1 Å². The Morgan fingerprint density at radius 3 is 2.88 bits per heavy atom. The third-order valence-electron chi connectivity index (χ3n) is 2.17. The molecular formula is C11H14N4O. The first-order valence-electron chi connectivity index (χ1n) is 5.06. The summed E-state index contributed by atoms with van der Waals surface area (Å²) in [5.41, 5.74) is 6.37. The Hall–Kier alpha value is -2.09. The molecule has 0 fully saturated rings. The van der Waals surface area contributed by atoms with Gasteiger partial charge in [-0.15, -0.1) is 0 Å². The van der Waals surface area contributed by atoms with Gasteiger partial charge < -0.3 is 10.6 Å². The molecule has 84 valence electrons. The summed E-state index contributed by atoms with van der Waals surface area (Å²) in [6, 6.07) is 5.24. The second kappa shape index (κ2) is 5.71. The van der Waals surface area contributed by atoms with Crippen LogP contribution in [-0.4, -0.2) is 28.9 Å². The number of hydrogen-bond donors (Lipinski definition) is 1. The van der Waals surface area contributed by atoms with Crippen LogP contribution in [0.2, 0.25) is 0 Å². The van der Waals surface area contributed by atoms with Crippen LogP contribution in [0.1, 0.15) is 23.8 Å². The molecule has 0 aliphatic rings. The molecule has 1 heterocycles. The van der Waals surface area contributed by atoms with Gasteiger partial charge in [0.25, 0.3) is 5.91 Å². The van der Waals surface area contributed by atoms with E-state index in [0.717, 1.165) is 0 Å². The molecule has 0 radical (unpaired) electrons. The molecule has 0 bridgehead atoms. The number of amides is 1.